The molecule has 10 atom stereocenters. The lowest BCUT2D eigenvalue weighted by atomic mass is 9.43. The molecule has 0 bridgehead atoms. The largest absolute Gasteiger partial charge is 0.508 e. The number of ether oxygens (including phenoxy) is 3. The van der Waals surface area contributed by atoms with Gasteiger partial charge in [-0.2, -0.15) is 0 Å². The number of rotatable bonds is 6. The molecule has 0 spiro atoms. The Morgan fingerprint density at radius 3 is 2.57 bits per heavy atom. The van der Waals surface area contributed by atoms with Gasteiger partial charge in [0, 0.05) is 24.2 Å². The predicted molar refractivity (Wildman–Crippen MR) is 129 cm³/mol. The molecule has 0 aliphatic heterocycles. The second-order valence-electron chi connectivity index (χ2n) is 12.2. The second-order valence-corrected chi connectivity index (χ2v) is 12.2. The second kappa shape index (κ2) is 10.0. The maximum Gasteiger partial charge on any atom is 0.508 e. The van der Waals surface area contributed by atoms with Gasteiger partial charge in [0.15, 0.2) is 0 Å². The number of esters is 1. The van der Waals surface area contributed by atoms with E-state index in [0.717, 1.165) is 32.1 Å². The molecule has 0 aromatic heterocycles. The van der Waals surface area contributed by atoms with Crippen LogP contribution in [0.15, 0.2) is 0 Å². The van der Waals surface area contributed by atoms with Crippen molar-refractivity contribution in [2.24, 2.45) is 46.3 Å². The molecule has 4 aliphatic carbocycles. The van der Waals surface area contributed by atoms with Crippen molar-refractivity contribution in [3.8, 4) is 0 Å². The molecule has 0 aromatic rings. The fraction of sp³-hybridized carbons (Fsp3) is 0.893. The lowest BCUT2D eigenvalue weighted by Crippen LogP contribution is -2.61. The van der Waals surface area contributed by atoms with Crippen LogP contribution < -0.4 is 0 Å². The van der Waals surface area contributed by atoms with Crippen molar-refractivity contribution < 1.29 is 33.7 Å². The normalized spacial score (nSPS) is 43.4. The Morgan fingerprint density at radius 2 is 1.89 bits per heavy atom. The number of hydrogen-bond donors (Lipinski definition) is 1. The smallest absolute Gasteiger partial charge is 0.469 e. The first-order chi connectivity index (χ1) is 16.6. The number of ketones is 1. The summed E-state index contributed by atoms with van der Waals surface area (Å²) >= 11 is 0. The molecular formula is C28H44O7. The Kier molecular flexibility index (Phi) is 7.57. The number of aliphatic hydroxyl groups excluding tert-OH is 1. The van der Waals surface area contributed by atoms with Crippen molar-refractivity contribution in [3.05, 3.63) is 0 Å². The first-order valence-corrected chi connectivity index (χ1v) is 13.7. The molecule has 7 heteroatoms. The first kappa shape index (κ1) is 26.4. The summed E-state index contributed by atoms with van der Waals surface area (Å²) in [5.41, 5.74) is -0.343. The molecule has 1 N–H and O–H groups in total. The molecule has 4 fully saturated rings. The Morgan fingerprint density at radius 1 is 1.14 bits per heavy atom. The van der Waals surface area contributed by atoms with Crippen LogP contribution in [0.5, 0.6) is 0 Å². The Balaban J connectivity index is 1.51. The van der Waals surface area contributed by atoms with E-state index in [1.807, 2.05) is 0 Å². The molecule has 0 saturated heterocycles. The van der Waals surface area contributed by atoms with E-state index in [1.165, 1.54) is 7.11 Å². The summed E-state index contributed by atoms with van der Waals surface area (Å²) in [6.07, 6.45) is 5.35. The van der Waals surface area contributed by atoms with Crippen LogP contribution in [0.1, 0.15) is 85.5 Å². The van der Waals surface area contributed by atoms with Gasteiger partial charge in [-0.05, 0) is 86.9 Å². The van der Waals surface area contributed by atoms with Gasteiger partial charge in [-0.15, -0.1) is 0 Å². The van der Waals surface area contributed by atoms with Crippen molar-refractivity contribution in [1.82, 2.24) is 0 Å². The van der Waals surface area contributed by atoms with Gasteiger partial charge in [0.2, 0.25) is 0 Å². The molecule has 4 rings (SSSR count). The number of carbonyl (C=O) groups is 3. The first-order valence-electron chi connectivity index (χ1n) is 13.7. The van der Waals surface area contributed by atoms with Gasteiger partial charge in [0.1, 0.15) is 11.9 Å². The van der Waals surface area contributed by atoms with Gasteiger partial charge >= 0.3 is 12.1 Å². The lowest BCUT2D eigenvalue weighted by Gasteiger charge is -2.61. The van der Waals surface area contributed by atoms with E-state index in [0.29, 0.717) is 37.4 Å². The Hall–Kier alpha value is -1.63. The van der Waals surface area contributed by atoms with Crippen LogP contribution in [0.25, 0.3) is 0 Å². The average Bonchev–Trinajstić information content (AvgIpc) is 3.17. The highest BCUT2D eigenvalue weighted by Gasteiger charge is 2.66. The molecule has 198 valence electrons. The number of aliphatic hydroxyl groups is 1. The predicted octanol–water partition coefficient (Wildman–Crippen LogP) is 4.93. The summed E-state index contributed by atoms with van der Waals surface area (Å²) in [5, 5.41) is 11.7. The number of carbonyl (C=O) groups excluding carboxylic acids is 3. The Labute approximate surface area is 209 Å². The van der Waals surface area contributed by atoms with Gasteiger partial charge in [0.25, 0.3) is 0 Å². The molecule has 7 nitrogen and oxygen atoms in total. The quantitative estimate of drug-likeness (QED) is 0.525. The summed E-state index contributed by atoms with van der Waals surface area (Å²) < 4.78 is 15.3. The van der Waals surface area contributed by atoms with E-state index in [-0.39, 0.29) is 59.1 Å². The highest BCUT2D eigenvalue weighted by Crippen LogP contribution is 2.67. The molecule has 10 unspecified atom stereocenters. The highest BCUT2D eigenvalue weighted by atomic mass is 16.7. The molecule has 0 aromatic carbocycles. The van der Waals surface area contributed by atoms with E-state index in [2.05, 4.69) is 20.8 Å². The van der Waals surface area contributed by atoms with Crippen LogP contribution in [-0.2, 0) is 23.8 Å². The van der Waals surface area contributed by atoms with Crippen molar-refractivity contribution in [2.45, 2.75) is 97.7 Å². The number of hydrogen-bond acceptors (Lipinski definition) is 7. The molecule has 0 amide bonds. The number of Topliss-reactive ketones (excluding diaryl/α,β-unsaturated/α-hetero) is 1. The average molecular weight is 493 g/mol. The summed E-state index contributed by atoms with van der Waals surface area (Å²) in [7, 11) is 1.42. The number of fused-ring (bicyclic) bond motifs is 5. The van der Waals surface area contributed by atoms with Crippen LogP contribution in [0.2, 0.25) is 0 Å². The maximum atomic E-state index is 13.7. The van der Waals surface area contributed by atoms with E-state index in [9.17, 15) is 19.5 Å². The SMILES string of the molecule is CCOC(=O)OC1CCC2(C)C(CC(=O)C3C2CC(O)C2(C)C(C(C)CCC(=O)OC)CCC32)C1. The van der Waals surface area contributed by atoms with E-state index in [1.54, 1.807) is 6.92 Å². The maximum absolute atomic E-state index is 13.7. The van der Waals surface area contributed by atoms with Crippen molar-refractivity contribution in [3.63, 3.8) is 0 Å². The lowest BCUT2D eigenvalue weighted by molar-refractivity contribution is -0.182. The van der Waals surface area contributed by atoms with Gasteiger partial charge in [-0.3, -0.25) is 9.59 Å². The monoisotopic (exact) mass is 492 g/mol. The van der Waals surface area contributed by atoms with Gasteiger partial charge < -0.3 is 19.3 Å². The van der Waals surface area contributed by atoms with Gasteiger partial charge in [-0.25, -0.2) is 4.79 Å². The van der Waals surface area contributed by atoms with Crippen LogP contribution in [0.4, 0.5) is 4.79 Å². The van der Waals surface area contributed by atoms with Crippen molar-refractivity contribution in [1.29, 1.82) is 0 Å². The van der Waals surface area contributed by atoms with E-state index >= 15 is 0 Å². The molecule has 4 saturated carbocycles. The number of methoxy groups -OCH3 is 1. The minimum atomic E-state index is -0.622. The molecule has 4 aliphatic rings. The zero-order valence-corrected chi connectivity index (χ0v) is 22.1. The fourth-order valence-electron chi connectivity index (χ4n) is 8.87. The van der Waals surface area contributed by atoms with Gasteiger partial charge in [0.05, 0.1) is 19.8 Å². The molecule has 0 radical (unpaired) electrons. The topological polar surface area (TPSA) is 99.1 Å². The highest BCUT2D eigenvalue weighted by molar-refractivity contribution is 5.83. The van der Waals surface area contributed by atoms with E-state index < -0.39 is 12.3 Å². The molecular weight excluding hydrogens is 448 g/mol. The zero-order chi connectivity index (χ0) is 25.5. The van der Waals surface area contributed by atoms with Crippen LogP contribution in [0.3, 0.4) is 0 Å². The molecule has 35 heavy (non-hydrogen) atoms. The standard InChI is InChI=1S/C28H44O7/c1-6-34-26(32)35-18-11-12-27(3)17(13-18)14-22(29)25-20-9-8-19(16(2)7-10-24(31)33-5)28(20,4)23(30)15-21(25)27/h16-21,23,25,30H,6-15H2,1-5H3. The van der Waals surface area contributed by atoms with Crippen molar-refractivity contribution >= 4 is 17.9 Å². The summed E-state index contributed by atoms with van der Waals surface area (Å²) in [5.74, 6) is 1.22. The molecule has 0 heterocycles. The van der Waals surface area contributed by atoms with Crippen molar-refractivity contribution in [2.75, 3.05) is 13.7 Å². The van der Waals surface area contributed by atoms with Crippen LogP contribution in [-0.4, -0.2) is 48.9 Å². The summed E-state index contributed by atoms with van der Waals surface area (Å²) in [6, 6.07) is 0. The van der Waals surface area contributed by atoms with Crippen LogP contribution >= 0.6 is 0 Å². The van der Waals surface area contributed by atoms with E-state index in [4.69, 9.17) is 14.2 Å². The Bertz CT molecular complexity index is 826. The van der Waals surface area contributed by atoms with Crippen LogP contribution in [0, 0.1) is 46.3 Å². The summed E-state index contributed by atoms with van der Waals surface area (Å²) in [6.45, 7) is 8.74. The zero-order valence-electron chi connectivity index (χ0n) is 22.1. The third-order valence-corrected chi connectivity index (χ3v) is 10.8. The third kappa shape index (κ3) is 4.51. The minimum absolute atomic E-state index is 0.00928. The third-order valence-electron chi connectivity index (χ3n) is 10.8. The summed E-state index contributed by atoms with van der Waals surface area (Å²) in [4.78, 5) is 37.3. The fourth-order valence-corrected chi connectivity index (χ4v) is 8.87. The van der Waals surface area contributed by atoms with Gasteiger partial charge in [-0.1, -0.05) is 20.8 Å². The minimum Gasteiger partial charge on any atom is -0.469 e.